The molecular formula is C28H40N4O4S. The number of nitrogens with one attached hydrogen (secondary N) is 2. The third-order valence-electron chi connectivity index (χ3n) is 6.06. The van der Waals surface area contributed by atoms with E-state index < -0.39 is 22.9 Å². The average Bonchev–Trinajstić information content (AvgIpc) is 3.33. The largest absolute Gasteiger partial charge is 0.438 e. The van der Waals surface area contributed by atoms with Gasteiger partial charge in [0.1, 0.15) is 11.6 Å². The Balaban J connectivity index is 0.00000121. The van der Waals surface area contributed by atoms with Gasteiger partial charge < -0.3 is 25.1 Å². The van der Waals surface area contributed by atoms with Crippen molar-refractivity contribution in [1.82, 2.24) is 20.5 Å². The number of oxazole rings is 1. The number of aromatic nitrogens is 1. The summed E-state index contributed by atoms with van der Waals surface area (Å²) in [6.45, 7) is 6.12. The summed E-state index contributed by atoms with van der Waals surface area (Å²) in [5.41, 5.74) is 2.22. The van der Waals surface area contributed by atoms with Gasteiger partial charge in [0.2, 0.25) is 11.8 Å². The number of rotatable bonds is 10. The first-order valence-corrected chi connectivity index (χ1v) is 14.5. The third kappa shape index (κ3) is 9.34. The first-order valence-electron chi connectivity index (χ1n) is 13.0. The van der Waals surface area contributed by atoms with Crippen molar-refractivity contribution in [3.8, 4) is 0 Å². The fourth-order valence-corrected chi connectivity index (χ4v) is 5.41. The minimum atomic E-state index is -1.22. The Bertz CT molecular complexity index is 1080. The van der Waals surface area contributed by atoms with E-state index in [1.807, 2.05) is 42.5 Å². The number of piperidine rings is 1. The zero-order valence-electron chi connectivity index (χ0n) is 22.1. The topological polar surface area (TPSA) is 108 Å². The van der Waals surface area contributed by atoms with Crippen LogP contribution < -0.4 is 10.6 Å². The summed E-state index contributed by atoms with van der Waals surface area (Å²) in [6, 6.07) is 16.5. The molecule has 3 N–H and O–H groups in total. The molecule has 202 valence electrons. The van der Waals surface area contributed by atoms with Gasteiger partial charge >= 0.3 is 0 Å². The Morgan fingerprint density at radius 2 is 1.78 bits per heavy atom. The summed E-state index contributed by atoms with van der Waals surface area (Å²) in [6.07, 6.45) is 2.03. The lowest BCUT2D eigenvalue weighted by Crippen LogP contribution is -2.54. The standard InChI is InChI=1S/C25H32N4O4S.C3H8/c1-29-13-11-19(12-14-29)27-21(17-34(32)16-18-7-3-2-4-8-18)24(31)26-15-22(30)25-28-20-9-5-6-10-23(20)33-25;1-3-2/h2-10,19,21-22,27,30H,11-17H2,1H3,(H,26,31);3H2,1-2H3. The summed E-state index contributed by atoms with van der Waals surface area (Å²) < 4.78 is 18.5. The van der Waals surface area contributed by atoms with Gasteiger partial charge in [-0.05, 0) is 50.7 Å². The average molecular weight is 529 g/mol. The molecule has 1 saturated heterocycles. The van der Waals surface area contributed by atoms with Crippen molar-refractivity contribution in [1.29, 1.82) is 0 Å². The number of likely N-dealkylation sites (tertiary alicyclic amines) is 1. The molecule has 0 spiro atoms. The highest BCUT2D eigenvalue weighted by Gasteiger charge is 2.27. The van der Waals surface area contributed by atoms with Gasteiger partial charge in [-0.15, -0.1) is 0 Å². The van der Waals surface area contributed by atoms with Crippen LogP contribution in [-0.2, 0) is 21.3 Å². The van der Waals surface area contributed by atoms with Crippen molar-refractivity contribution in [2.45, 2.75) is 57.1 Å². The lowest BCUT2D eigenvalue weighted by atomic mass is 10.0. The second-order valence-corrected chi connectivity index (χ2v) is 11.0. The molecule has 8 nitrogen and oxygen atoms in total. The van der Waals surface area contributed by atoms with E-state index in [1.54, 1.807) is 12.1 Å². The number of nitrogens with zero attached hydrogens (tertiary/aromatic N) is 2. The molecule has 0 saturated carbocycles. The quantitative estimate of drug-likeness (QED) is 0.370. The Labute approximate surface area is 222 Å². The molecule has 3 unspecified atom stereocenters. The molecule has 0 bridgehead atoms. The van der Waals surface area contributed by atoms with Gasteiger partial charge in [0.15, 0.2) is 5.58 Å². The summed E-state index contributed by atoms with van der Waals surface area (Å²) >= 11 is 0. The second kappa shape index (κ2) is 15.0. The van der Waals surface area contributed by atoms with Gasteiger partial charge in [-0.25, -0.2) is 4.98 Å². The van der Waals surface area contributed by atoms with Gasteiger partial charge in [0.25, 0.3) is 0 Å². The highest BCUT2D eigenvalue weighted by molar-refractivity contribution is 7.84. The number of hydrogen-bond donors (Lipinski definition) is 3. The highest BCUT2D eigenvalue weighted by Crippen LogP contribution is 2.19. The molecule has 37 heavy (non-hydrogen) atoms. The van der Waals surface area contributed by atoms with Gasteiger partial charge in [-0.2, -0.15) is 0 Å². The molecule has 0 radical (unpaired) electrons. The molecule has 2 heterocycles. The Hall–Kier alpha value is -2.59. The predicted molar refractivity (Wildman–Crippen MR) is 149 cm³/mol. The van der Waals surface area contributed by atoms with Crippen LogP contribution in [0.5, 0.6) is 0 Å². The maximum Gasteiger partial charge on any atom is 0.238 e. The van der Waals surface area contributed by atoms with Crippen LogP contribution in [0.2, 0.25) is 0 Å². The molecule has 4 rings (SSSR count). The molecule has 1 fully saturated rings. The first kappa shape index (κ1) is 29.0. The number of fused-ring (bicyclic) bond motifs is 1. The van der Waals surface area contributed by atoms with Crippen molar-refractivity contribution in [2.75, 3.05) is 32.4 Å². The van der Waals surface area contributed by atoms with Gasteiger partial charge in [0, 0.05) is 28.3 Å². The number of benzene rings is 2. The van der Waals surface area contributed by atoms with Crippen LogP contribution in [0.3, 0.4) is 0 Å². The Morgan fingerprint density at radius 1 is 1.14 bits per heavy atom. The van der Waals surface area contributed by atoms with Crippen LogP contribution in [0, 0.1) is 0 Å². The minimum absolute atomic E-state index is 0.0391. The fourth-order valence-electron chi connectivity index (χ4n) is 4.10. The molecule has 1 amide bonds. The molecule has 3 aromatic rings. The molecule has 1 aliphatic heterocycles. The Morgan fingerprint density at radius 3 is 2.46 bits per heavy atom. The SMILES string of the molecule is CCC.CN1CCC(NC(CS(=O)Cc2ccccc2)C(=O)NCC(O)c2nc3ccccc3o2)CC1. The number of carbonyl (C=O) groups excluding carboxylic acids is 1. The summed E-state index contributed by atoms with van der Waals surface area (Å²) in [5, 5.41) is 16.7. The van der Waals surface area contributed by atoms with Crippen LogP contribution in [0.1, 0.15) is 50.7 Å². The monoisotopic (exact) mass is 528 g/mol. The van der Waals surface area contributed by atoms with E-state index >= 15 is 0 Å². The zero-order valence-corrected chi connectivity index (χ0v) is 22.9. The number of para-hydroxylation sites is 2. The lowest BCUT2D eigenvalue weighted by molar-refractivity contribution is -0.123. The van der Waals surface area contributed by atoms with Crippen LogP contribution in [0.15, 0.2) is 59.0 Å². The van der Waals surface area contributed by atoms with Crippen LogP contribution in [0.4, 0.5) is 0 Å². The lowest BCUT2D eigenvalue weighted by Gasteiger charge is -2.32. The molecule has 1 aliphatic rings. The summed E-state index contributed by atoms with van der Waals surface area (Å²) in [5.74, 6) is 0.474. The predicted octanol–water partition coefficient (Wildman–Crippen LogP) is 3.40. The highest BCUT2D eigenvalue weighted by atomic mass is 32.2. The number of hydrogen-bond acceptors (Lipinski definition) is 7. The van der Waals surface area contributed by atoms with Gasteiger partial charge in [-0.3, -0.25) is 9.00 Å². The number of aliphatic hydroxyl groups excluding tert-OH is 1. The maximum absolute atomic E-state index is 13.1. The van der Waals surface area contributed by atoms with E-state index in [1.165, 1.54) is 6.42 Å². The van der Waals surface area contributed by atoms with Crippen LogP contribution >= 0.6 is 0 Å². The van der Waals surface area contributed by atoms with Crippen LogP contribution in [0.25, 0.3) is 11.1 Å². The van der Waals surface area contributed by atoms with E-state index in [4.69, 9.17) is 4.42 Å². The molecule has 2 aromatic carbocycles. The van der Waals surface area contributed by atoms with E-state index in [0.29, 0.717) is 16.9 Å². The number of amides is 1. The minimum Gasteiger partial charge on any atom is -0.438 e. The zero-order chi connectivity index (χ0) is 26.6. The van der Waals surface area contributed by atoms with E-state index in [0.717, 1.165) is 31.5 Å². The van der Waals surface area contributed by atoms with E-state index in [9.17, 15) is 14.1 Å². The van der Waals surface area contributed by atoms with E-state index in [-0.39, 0.29) is 30.1 Å². The summed E-state index contributed by atoms with van der Waals surface area (Å²) in [7, 11) is 0.865. The van der Waals surface area contributed by atoms with Crippen molar-refractivity contribution < 1.29 is 18.5 Å². The fraction of sp³-hybridized carbons (Fsp3) is 0.500. The smallest absolute Gasteiger partial charge is 0.238 e. The summed E-state index contributed by atoms with van der Waals surface area (Å²) in [4.78, 5) is 19.7. The van der Waals surface area contributed by atoms with E-state index in [2.05, 4.69) is 41.4 Å². The van der Waals surface area contributed by atoms with Crippen molar-refractivity contribution in [2.24, 2.45) is 0 Å². The van der Waals surface area contributed by atoms with Gasteiger partial charge in [-0.1, -0.05) is 62.7 Å². The third-order valence-corrected chi connectivity index (χ3v) is 7.42. The Kier molecular flexibility index (Phi) is 11.7. The normalized spacial score (nSPS) is 17.0. The maximum atomic E-state index is 13.1. The molecular weight excluding hydrogens is 488 g/mol. The van der Waals surface area contributed by atoms with Crippen LogP contribution in [-0.4, -0.2) is 69.6 Å². The number of aliphatic hydroxyl groups is 1. The van der Waals surface area contributed by atoms with Crippen molar-refractivity contribution in [3.63, 3.8) is 0 Å². The second-order valence-electron chi connectivity index (χ2n) is 9.52. The van der Waals surface area contributed by atoms with Crippen molar-refractivity contribution >= 4 is 27.8 Å². The molecule has 9 heteroatoms. The first-order chi connectivity index (χ1) is 17.9. The molecule has 3 atom stereocenters. The molecule has 0 aliphatic carbocycles. The number of carbonyl (C=O) groups is 1. The van der Waals surface area contributed by atoms with Gasteiger partial charge in [0.05, 0.1) is 12.6 Å². The molecule has 1 aromatic heterocycles. The van der Waals surface area contributed by atoms with Crippen molar-refractivity contribution in [3.05, 3.63) is 66.1 Å².